The molecule has 1 aromatic carbocycles. The SMILES string of the molecule is C[S@@](=N)(=O)c1cnc(-c2ccc(CN)cc2)nc1. The monoisotopic (exact) mass is 262 g/mol. The third-order valence-electron chi connectivity index (χ3n) is 2.53. The summed E-state index contributed by atoms with van der Waals surface area (Å²) in [4.78, 5) is 8.60. The van der Waals surface area contributed by atoms with Crippen molar-refractivity contribution in [1.82, 2.24) is 9.97 Å². The smallest absolute Gasteiger partial charge is 0.159 e. The Morgan fingerprint density at radius 3 is 2.22 bits per heavy atom. The van der Waals surface area contributed by atoms with E-state index in [0.717, 1.165) is 11.1 Å². The maximum absolute atomic E-state index is 11.5. The predicted molar refractivity (Wildman–Crippen MR) is 70.4 cm³/mol. The molecule has 0 bridgehead atoms. The number of nitrogens with two attached hydrogens (primary N) is 1. The molecule has 1 aromatic heterocycles. The summed E-state index contributed by atoms with van der Waals surface area (Å²) < 4.78 is 18.9. The number of aromatic nitrogens is 2. The molecule has 94 valence electrons. The van der Waals surface area contributed by atoms with Crippen LogP contribution in [0.25, 0.3) is 11.4 Å². The van der Waals surface area contributed by atoms with E-state index >= 15 is 0 Å². The topological polar surface area (TPSA) is 92.7 Å². The minimum atomic E-state index is -2.75. The van der Waals surface area contributed by atoms with Gasteiger partial charge in [0, 0.05) is 30.8 Å². The van der Waals surface area contributed by atoms with Gasteiger partial charge in [-0.3, -0.25) is 0 Å². The second-order valence-corrected chi connectivity index (χ2v) is 6.15. The lowest BCUT2D eigenvalue weighted by molar-refractivity contribution is 0.678. The number of nitrogens with one attached hydrogen (secondary N) is 1. The first kappa shape index (κ1) is 12.7. The van der Waals surface area contributed by atoms with Crippen LogP contribution in [0.4, 0.5) is 0 Å². The van der Waals surface area contributed by atoms with E-state index in [1.54, 1.807) is 0 Å². The van der Waals surface area contributed by atoms with Crippen molar-refractivity contribution in [2.75, 3.05) is 6.26 Å². The molecule has 0 aliphatic rings. The Morgan fingerprint density at radius 2 is 1.78 bits per heavy atom. The van der Waals surface area contributed by atoms with Crippen LogP contribution in [0.15, 0.2) is 41.6 Å². The normalized spacial score (nSPS) is 14.1. The average molecular weight is 262 g/mol. The molecule has 0 saturated carbocycles. The molecule has 2 aromatic rings. The summed E-state index contributed by atoms with van der Waals surface area (Å²) in [5, 5.41) is 0. The number of benzene rings is 1. The van der Waals surface area contributed by atoms with Crippen molar-refractivity contribution in [3.8, 4) is 11.4 Å². The summed E-state index contributed by atoms with van der Waals surface area (Å²) >= 11 is 0. The number of rotatable bonds is 3. The van der Waals surface area contributed by atoms with Crippen LogP contribution >= 0.6 is 0 Å². The summed E-state index contributed by atoms with van der Waals surface area (Å²) in [5.74, 6) is 0.547. The van der Waals surface area contributed by atoms with Crippen LogP contribution < -0.4 is 5.73 Å². The van der Waals surface area contributed by atoms with Gasteiger partial charge in [-0.2, -0.15) is 0 Å². The Hall–Kier alpha value is -1.79. The fraction of sp³-hybridized carbons (Fsp3) is 0.167. The van der Waals surface area contributed by atoms with Gasteiger partial charge in [0.2, 0.25) is 0 Å². The third-order valence-corrected chi connectivity index (χ3v) is 3.64. The quantitative estimate of drug-likeness (QED) is 0.879. The van der Waals surface area contributed by atoms with Gasteiger partial charge < -0.3 is 5.73 Å². The Balaban J connectivity index is 2.34. The van der Waals surface area contributed by atoms with Crippen molar-refractivity contribution in [2.45, 2.75) is 11.4 Å². The fourth-order valence-electron chi connectivity index (χ4n) is 1.46. The molecule has 0 unspecified atom stereocenters. The van der Waals surface area contributed by atoms with E-state index in [1.165, 1.54) is 18.6 Å². The summed E-state index contributed by atoms with van der Waals surface area (Å²) in [6.45, 7) is 0.497. The highest BCUT2D eigenvalue weighted by molar-refractivity contribution is 7.91. The minimum absolute atomic E-state index is 0.338. The molecule has 0 radical (unpaired) electrons. The Morgan fingerprint density at radius 1 is 1.22 bits per heavy atom. The predicted octanol–water partition coefficient (Wildman–Crippen LogP) is 1.64. The zero-order valence-corrected chi connectivity index (χ0v) is 10.8. The molecule has 0 fully saturated rings. The third kappa shape index (κ3) is 2.72. The maximum Gasteiger partial charge on any atom is 0.159 e. The summed E-state index contributed by atoms with van der Waals surface area (Å²) in [6.07, 6.45) is 4.23. The highest BCUT2D eigenvalue weighted by Gasteiger charge is 2.06. The molecule has 3 N–H and O–H groups in total. The molecule has 2 rings (SSSR count). The molecule has 5 nitrogen and oxygen atoms in total. The first-order chi connectivity index (χ1) is 8.50. The first-order valence-electron chi connectivity index (χ1n) is 5.36. The van der Waals surface area contributed by atoms with Crippen LogP contribution in [0.5, 0.6) is 0 Å². The van der Waals surface area contributed by atoms with Gasteiger partial charge in [0.1, 0.15) is 0 Å². The second-order valence-electron chi connectivity index (χ2n) is 3.99. The van der Waals surface area contributed by atoms with Crippen molar-refractivity contribution in [3.63, 3.8) is 0 Å². The molecule has 1 atom stereocenters. The van der Waals surface area contributed by atoms with Gasteiger partial charge in [0.05, 0.1) is 14.6 Å². The molecule has 1 heterocycles. The van der Waals surface area contributed by atoms with Gasteiger partial charge >= 0.3 is 0 Å². The fourth-order valence-corrected chi connectivity index (χ4v) is 1.96. The van der Waals surface area contributed by atoms with Crippen molar-refractivity contribution >= 4 is 9.73 Å². The number of hydrogen-bond donors (Lipinski definition) is 2. The summed E-state index contributed by atoms with van der Waals surface area (Å²) in [6, 6.07) is 7.61. The van der Waals surface area contributed by atoms with Gasteiger partial charge in [-0.25, -0.2) is 19.0 Å². The van der Waals surface area contributed by atoms with Crippen LogP contribution in [0.1, 0.15) is 5.56 Å². The lowest BCUT2D eigenvalue weighted by atomic mass is 10.1. The highest BCUT2D eigenvalue weighted by Crippen LogP contribution is 2.16. The molecule has 0 saturated heterocycles. The van der Waals surface area contributed by atoms with E-state index in [1.807, 2.05) is 24.3 Å². The Bertz CT molecular complexity index is 633. The number of hydrogen-bond acceptors (Lipinski definition) is 5. The first-order valence-corrected chi connectivity index (χ1v) is 7.32. The zero-order valence-electron chi connectivity index (χ0n) is 9.96. The van der Waals surface area contributed by atoms with Crippen LogP contribution in [0, 0.1) is 4.78 Å². The van der Waals surface area contributed by atoms with Crippen molar-refractivity contribution < 1.29 is 4.21 Å². The molecule has 0 aliphatic carbocycles. The maximum atomic E-state index is 11.5. The van der Waals surface area contributed by atoms with E-state index < -0.39 is 9.73 Å². The molecule has 0 spiro atoms. The molecule has 6 heteroatoms. The van der Waals surface area contributed by atoms with E-state index in [-0.39, 0.29) is 0 Å². The molecular formula is C12H14N4OS. The lowest BCUT2D eigenvalue weighted by Gasteiger charge is -2.03. The van der Waals surface area contributed by atoms with Crippen LogP contribution in [-0.2, 0) is 16.3 Å². The zero-order chi connectivity index (χ0) is 13.2. The number of nitrogens with zero attached hydrogens (tertiary/aromatic N) is 2. The lowest BCUT2D eigenvalue weighted by Crippen LogP contribution is -1.99. The second kappa shape index (κ2) is 4.83. The standard InChI is InChI=1S/C12H14N4OS/c1-18(14,17)11-7-15-12(16-8-11)10-4-2-9(6-13)3-5-10/h2-5,7-8,14H,6,13H2,1H3/t18-/m1/s1. The Kier molecular flexibility index (Phi) is 3.40. The van der Waals surface area contributed by atoms with Gasteiger partial charge in [0.25, 0.3) is 0 Å². The van der Waals surface area contributed by atoms with Crippen molar-refractivity contribution in [1.29, 1.82) is 4.78 Å². The van der Waals surface area contributed by atoms with Crippen molar-refractivity contribution in [3.05, 3.63) is 42.2 Å². The van der Waals surface area contributed by atoms with Crippen LogP contribution in [0.2, 0.25) is 0 Å². The molecular weight excluding hydrogens is 248 g/mol. The van der Waals surface area contributed by atoms with E-state index in [2.05, 4.69) is 9.97 Å². The average Bonchev–Trinajstić information content (AvgIpc) is 2.38. The largest absolute Gasteiger partial charge is 0.326 e. The van der Waals surface area contributed by atoms with Crippen LogP contribution in [-0.4, -0.2) is 20.4 Å². The van der Waals surface area contributed by atoms with Gasteiger partial charge in [-0.15, -0.1) is 0 Å². The minimum Gasteiger partial charge on any atom is -0.326 e. The Labute approximate surface area is 106 Å². The van der Waals surface area contributed by atoms with Gasteiger partial charge in [0.15, 0.2) is 5.82 Å². The highest BCUT2D eigenvalue weighted by atomic mass is 32.2. The van der Waals surface area contributed by atoms with E-state index in [9.17, 15) is 4.21 Å². The van der Waals surface area contributed by atoms with Crippen molar-refractivity contribution in [2.24, 2.45) is 5.73 Å². The van der Waals surface area contributed by atoms with Crippen LogP contribution in [0.3, 0.4) is 0 Å². The van der Waals surface area contributed by atoms with Gasteiger partial charge in [-0.05, 0) is 5.56 Å². The summed E-state index contributed by atoms with van der Waals surface area (Å²) in [7, 11) is -2.75. The molecule has 0 amide bonds. The van der Waals surface area contributed by atoms with E-state index in [0.29, 0.717) is 17.3 Å². The summed E-state index contributed by atoms with van der Waals surface area (Å²) in [5.41, 5.74) is 7.43. The molecule has 0 aliphatic heterocycles. The van der Waals surface area contributed by atoms with Gasteiger partial charge in [-0.1, -0.05) is 24.3 Å². The van der Waals surface area contributed by atoms with E-state index in [4.69, 9.17) is 10.5 Å². The molecule has 18 heavy (non-hydrogen) atoms.